The second-order valence-corrected chi connectivity index (χ2v) is 8.41. The lowest BCUT2D eigenvalue weighted by Crippen LogP contribution is -2.33. The number of fused-ring (bicyclic) bond motifs is 1. The number of urea groups is 1. The third kappa shape index (κ3) is 5.36. The molecular formula is C27H33N5O2. The molecule has 1 atom stereocenters. The summed E-state index contributed by atoms with van der Waals surface area (Å²) in [7, 11) is 1.79. The van der Waals surface area contributed by atoms with E-state index in [-0.39, 0.29) is 24.2 Å². The molecule has 7 heteroatoms. The highest BCUT2D eigenvalue weighted by Gasteiger charge is 2.21. The zero-order valence-corrected chi connectivity index (χ0v) is 20.4. The number of amides is 2. The monoisotopic (exact) mass is 459 g/mol. The number of allylic oxidation sites excluding steroid dienone is 2. The minimum absolute atomic E-state index is 0.153. The minimum atomic E-state index is -0.340. The van der Waals surface area contributed by atoms with Crippen molar-refractivity contribution in [1.82, 2.24) is 20.2 Å². The van der Waals surface area contributed by atoms with Crippen molar-refractivity contribution in [3.05, 3.63) is 94.2 Å². The molecule has 0 aliphatic carbocycles. The van der Waals surface area contributed by atoms with Gasteiger partial charge in [0.15, 0.2) is 0 Å². The molecular weight excluding hydrogens is 426 g/mol. The van der Waals surface area contributed by atoms with Crippen LogP contribution in [-0.4, -0.2) is 22.6 Å². The molecule has 2 aromatic carbocycles. The number of carbonyl (C=O) groups excluding carboxylic acids is 1. The van der Waals surface area contributed by atoms with Gasteiger partial charge in [-0.15, -0.1) is 6.58 Å². The van der Waals surface area contributed by atoms with Crippen LogP contribution < -0.4 is 21.5 Å². The van der Waals surface area contributed by atoms with E-state index >= 15 is 0 Å². The number of nitrogens with one attached hydrogen (secondary N) is 3. The molecule has 2 amide bonds. The second kappa shape index (κ2) is 10.8. The van der Waals surface area contributed by atoms with Crippen molar-refractivity contribution in [2.75, 3.05) is 12.4 Å². The van der Waals surface area contributed by atoms with Crippen LogP contribution in [0.4, 0.5) is 10.5 Å². The maximum atomic E-state index is 13.7. The molecule has 1 heterocycles. The van der Waals surface area contributed by atoms with E-state index in [0.29, 0.717) is 34.4 Å². The fourth-order valence-corrected chi connectivity index (χ4v) is 4.01. The largest absolute Gasteiger partial charge is 0.390 e. The van der Waals surface area contributed by atoms with E-state index in [1.54, 1.807) is 11.6 Å². The van der Waals surface area contributed by atoms with Crippen molar-refractivity contribution >= 4 is 22.6 Å². The third-order valence-corrected chi connectivity index (χ3v) is 6.08. The van der Waals surface area contributed by atoms with Crippen molar-refractivity contribution < 1.29 is 4.79 Å². The van der Waals surface area contributed by atoms with Gasteiger partial charge in [-0.25, -0.2) is 9.78 Å². The first-order valence-electron chi connectivity index (χ1n) is 11.4. The number of hydrogen-bond acceptors (Lipinski definition) is 4. The number of aryl methyl sites for hydroxylation is 3. The van der Waals surface area contributed by atoms with Gasteiger partial charge in [0.05, 0.1) is 16.9 Å². The van der Waals surface area contributed by atoms with Gasteiger partial charge in [-0.1, -0.05) is 30.9 Å². The average Bonchev–Trinajstić information content (AvgIpc) is 2.81. The summed E-state index contributed by atoms with van der Waals surface area (Å²) in [6, 6.07) is 10.7. The first-order valence-corrected chi connectivity index (χ1v) is 11.4. The third-order valence-electron chi connectivity index (χ3n) is 6.08. The average molecular weight is 460 g/mol. The highest BCUT2D eigenvalue weighted by atomic mass is 16.2. The summed E-state index contributed by atoms with van der Waals surface area (Å²) in [4.78, 5) is 30.9. The Morgan fingerprint density at radius 3 is 2.62 bits per heavy atom. The van der Waals surface area contributed by atoms with Gasteiger partial charge in [-0.2, -0.15) is 0 Å². The number of nitrogens with zero attached hydrogens (tertiary/aromatic N) is 2. The van der Waals surface area contributed by atoms with Gasteiger partial charge < -0.3 is 16.0 Å². The molecule has 0 saturated heterocycles. The van der Waals surface area contributed by atoms with Gasteiger partial charge >= 0.3 is 6.03 Å². The summed E-state index contributed by atoms with van der Waals surface area (Å²) in [5.41, 5.74) is 4.86. The van der Waals surface area contributed by atoms with Gasteiger partial charge in [0.2, 0.25) is 0 Å². The Morgan fingerprint density at radius 1 is 1.18 bits per heavy atom. The maximum Gasteiger partial charge on any atom is 0.319 e. The van der Waals surface area contributed by atoms with Crippen LogP contribution >= 0.6 is 0 Å². The maximum absolute atomic E-state index is 13.7. The fourth-order valence-electron chi connectivity index (χ4n) is 4.01. The van der Waals surface area contributed by atoms with Crippen LogP contribution in [0, 0.1) is 20.8 Å². The van der Waals surface area contributed by atoms with Crippen LogP contribution in [0.2, 0.25) is 0 Å². The van der Waals surface area contributed by atoms with E-state index in [1.165, 1.54) is 0 Å². The molecule has 0 aliphatic heterocycles. The molecule has 3 N–H and O–H groups in total. The first-order chi connectivity index (χ1) is 16.3. The number of anilines is 1. The van der Waals surface area contributed by atoms with Crippen LogP contribution in [0.25, 0.3) is 10.9 Å². The Balaban J connectivity index is 1.92. The molecule has 178 valence electrons. The summed E-state index contributed by atoms with van der Waals surface area (Å²) in [6.45, 7) is 13.9. The van der Waals surface area contributed by atoms with Crippen molar-refractivity contribution in [3.8, 4) is 0 Å². The molecule has 1 unspecified atom stereocenters. The molecule has 34 heavy (non-hydrogen) atoms. The van der Waals surface area contributed by atoms with Crippen LogP contribution in [0.1, 0.15) is 41.4 Å². The molecule has 0 spiro atoms. The lowest BCUT2D eigenvalue weighted by molar-refractivity contribution is 0.252. The summed E-state index contributed by atoms with van der Waals surface area (Å²) in [5.74, 6) is 0.612. The zero-order chi connectivity index (χ0) is 24.8. The molecule has 7 nitrogen and oxygen atoms in total. The number of rotatable bonds is 9. The van der Waals surface area contributed by atoms with Crippen LogP contribution in [0.3, 0.4) is 0 Å². The Kier molecular flexibility index (Phi) is 7.89. The fraction of sp³-hybridized carbons (Fsp3) is 0.296. The Morgan fingerprint density at radius 2 is 1.94 bits per heavy atom. The van der Waals surface area contributed by atoms with Crippen LogP contribution in [0.15, 0.2) is 66.1 Å². The number of hydrogen-bond donors (Lipinski definition) is 3. The predicted molar refractivity (Wildman–Crippen MR) is 139 cm³/mol. The first kappa shape index (κ1) is 24.8. The van der Waals surface area contributed by atoms with Crippen LogP contribution in [-0.2, 0) is 6.54 Å². The minimum Gasteiger partial charge on any atom is -0.390 e. The van der Waals surface area contributed by atoms with Crippen molar-refractivity contribution in [2.24, 2.45) is 0 Å². The molecule has 0 aliphatic rings. The van der Waals surface area contributed by atoms with Crippen molar-refractivity contribution in [3.63, 3.8) is 0 Å². The lowest BCUT2D eigenvalue weighted by Gasteiger charge is -2.24. The number of aromatic nitrogens is 2. The number of likely N-dealkylation sites (N-methyl/N-ethyl adjacent to an activating group) is 1. The summed E-state index contributed by atoms with van der Waals surface area (Å²) in [6.07, 6.45) is 3.24. The lowest BCUT2D eigenvalue weighted by atomic mass is 10.1. The highest BCUT2D eigenvalue weighted by molar-refractivity contribution is 5.90. The molecule has 0 radical (unpaired) electrons. The van der Waals surface area contributed by atoms with Gasteiger partial charge in [0.1, 0.15) is 5.82 Å². The molecule has 1 aromatic heterocycles. The van der Waals surface area contributed by atoms with E-state index in [1.807, 2.05) is 63.2 Å². The Bertz CT molecular complexity index is 1290. The Hall–Kier alpha value is -3.87. The van der Waals surface area contributed by atoms with Gasteiger partial charge in [0, 0.05) is 25.0 Å². The molecule has 3 rings (SSSR count). The number of benzene rings is 2. The van der Waals surface area contributed by atoms with E-state index in [4.69, 9.17) is 4.98 Å². The van der Waals surface area contributed by atoms with Crippen LogP contribution in [0.5, 0.6) is 0 Å². The summed E-state index contributed by atoms with van der Waals surface area (Å²) < 4.78 is 1.68. The molecule has 3 aromatic rings. The van der Waals surface area contributed by atoms with E-state index in [0.717, 1.165) is 23.2 Å². The standard InChI is InChI=1S/C27H33N5O2/c1-7-8-12-24(19(4)28-6)32-20(5)30-23-11-9-10-21(25(23)26(32)33)16-29-27(34)31-22-14-13-17(2)18(3)15-22/h7,9-11,13-15,24,28H,1,4,8,12,16H2,2-3,5-6H3,(H2,29,31,34). The topological polar surface area (TPSA) is 88.1 Å². The second-order valence-electron chi connectivity index (χ2n) is 8.41. The van der Waals surface area contributed by atoms with Crippen molar-refractivity contribution in [2.45, 2.75) is 46.2 Å². The van der Waals surface area contributed by atoms with Gasteiger partial charge in [0.25, 0.3) is 5.56 Å². The summed E-state index contributed by atoms with van der Waals surface area (Å²) in [5, 5.41) is 9.28. The number of carbonyl (C=O) groups is 1. The molecule has 0 bridgehead atoms. The normalized spacial score (nSPS) is 11.6. The van der Waals surface area contributed by atoms with E-state index < -0.39 is 0 Å². The highest BCUT2D eigenvalue weighted by Crippen LogP contribution is 2.23. The molecule has 0 saturated carbocycles. The SMILES string of the molecule is C=CCCC(C(=C)NC)n1c(C)nc2cccc(CNC(=O)Nc3ccc(C)c(C)c3)c2c1=O. The quantitative estimate of drug-likeness (QED) is 0.398. The Labute approximate surface area is 200 Å². The van der Waals surface area contributed by atoms with Gasteiger partial charge in [-0.05, 0) is 68.5 Å². The molecule has 0 fully saturated rings. The van der Waals surface area contributed by atoms with E-state index in [9.17, 15) is 9.59 Å². The van der Waals surface area contributed by atoms with E-state index in [2.05, 4.69) is 29.1 Å². The van der Waals surface area contributed by atoms with Gasteiger partial charge in [-0.3, -0.25) is 9.36 Å². The zero-order valence-electron chi connectivity index (χ0n) is 20.4. The smallest absolute Gasteiger partial charge is 0.319 e. The predicted octanol–water partition coefficient (Wildman–Crippen LogP) is 4.88. The summed E-state index contributed by atoms with van der Waals surface area (Å²) >= 11 is 0. The van der Waals surface area contributed by atoms with Crippen molar-refractivity contribution in [1.29, 1.82) is 0 Å².